The smallest absolute Gasteiger partial charge is 0.00261 e. The molecule has 0 N–H and O–H groups in total. The molecule has 0 saturated heterocycles. The van der Waals surface area contributed by atoms with Gasteiger partial charge in [0, 0.05) is 0 Å². The first-order chi connectivity index (χ1) is 27.8. The van der Waals surface area contributed by atoms with E-state index < -0.39 is 0 Å². The molecule has 11 aromatic carbocycles. The van der Waals surface area contributed by atoms with Gasteiger partial charge in [-0.05, 0) is 134 Å². The van der Waals surface area contributed by atoms with Gasteiger partial charge < -0.3 is 0 Å². The Kier molecular flexibility index (Phi) is 7.60. The molecule has 0 fully saturated rings. The summed E-state index contributed by atoms with van der Waals surface area (Å²) in [5, 5.41) is 12.5. The second-order valence-electron chi connectivity index (χ2n) is 14.8. The van der Waals surface area contributed by atoms with E-state index in [0.717, 1.165) is 0 Å². The van der Waals surface area contributed by atoms with Crippen LogP contribution in [0.1, 0.15) is 0 Å². The van der Waals surface area contributed by atoms with Crippen LogP contribution in [0, 0.1) is 0 Å². The molecule has 11 aromatic rings. The lowest BCUT2D eigenvalue weighted by molar-refractivity contribution is 1.61. The molecule has 0 radical (unpaired) electrons. The Labute approximate surface area is 326 Å². The van der Waals surface area contributed by atoms with Crippen LogP contribution in [0.5, 0.6) is 0 Å². The number of hydrogen-bond acceptors (Lipinski definition) is 0. The fraction of sp³-hybridized carbons (Fsp3) is 0. The monoisotopic (exact) mass is 708 g/mol. The van der Waals surface area contributed by atoms with Crippen LogP contribution in [-0.4, -0.2) is 0 Å². The third-order valence-corrected chi connectivity index (χ3v) is 11.6. The number of rotatable bonds is 5. The van der Waals surface area contributed by atoms with Crippen LogP contribution in [0.4, 0.5) is 0 Å². The van der Waals surface area contributed by atoms with Gasteiger partial charge >= 0.3 is 0 Å². The van der Waals surface area contributed by atoms with Crippen LogP contribution >= 0.6 is 0 Å². The van der Waals surface area contributed by atoms with Gasteiger partial charge in [0.05, 0.1) is 0 Å². The lowest BCUT2D eigenvalue weighted by atomic mass is 9.84. The van der Waals surface area contributed by atoms with E-state index in [-0.39, 0.29) is 0 Å². The van der Waals surface area contributed by atoms with Gasteiger partial charge in [0.25, 0.3) is 0 Å². The molecule has 0 bridgehead atoms. The fourth-order valence-electron chi connectivity index (χ4n) is 9.04. The first-order valence-corrected chi connectivity index (χ1v) is 19.4. The summed E-state index contributed by atoms with van der Waals surface area (Å²) in [4.78, 5) is 0. The van der Waals surface area contributed by atoms with Crippen molar-refractivity contribution in [3.8, 4) is 55.6 Å². The molecule has 0 atom stereocenters. The summed E-state index contributed by atoms with van der Waals surface area (Å²) in [6.07, 6.45) is 0. The average Bonchev–Trinajstić information content (AvgIpc) is 3.27. The van der Waals surface area contributed by atoms with Crippen molar-refractivity contribution in [2.75, 3.05) is 0 Å². The molecule has 0 aromatic heterocycles. The van der Waals surface area contributed by atoms with Gasteiger partial charge in [-0.25, -0.2) is 0 Å². The van der Waals surface area contributed by atoms with Crippen LogP contribution in [0.3, 0.4) is 0 Å². The molecule has 0 nitrogen and oxygen atoms in total. The lowest BCUT2D eigenvalue weighted by Gasteiger charge is -2.19. The summed E-state index contributed by atoms with van der Waals surface area (Å²) >= 11 is 0. The first-order valence-electron chi connectivity index (χ1n) is 19.4. The van der Waals surface area contributed by atoms with Gasteiger partial charge in [-0.3, -0.25) is 0 Å². The molecular formula is C56H36. The zero-order valence-corrected chi connectivity index (χ0v) is 30.8. The highest BCUT2D eigenvalue weighted by Crippen LogP contribution is 2.46. The molecule has 0 heterocycles. The summed E-state index contributed by atoms with van der Waals surface area (Å²) < 4.78 is 0. The highest BCUT2D eigenvalue weighted by Gasteiger charge is 2.19. The predicted octanol–water partition coefficient (Wildman–Crippen LogP) is 15.8. The summed E-state index contributed by atoms with van der Waals surface area (Å²) in [6, 6.07) is 80.5. The number of hydrogen-bond donors (Lipinski definition) is 0. The van der Waals surface area contributed by atoms with E-state index in [1.807, 2.05) is 0 Å². The third-order valence-electron chi connectivity index (χ3n) is 11.6. The van der Waals surface area contributed by atoms with Crippen LogP contribution in [-0.2, 0) is 0 Å². The first kappa shape index (κ1) is 32.2. The Morgan fingerprint density at radius 1 is 0.179 bits per heavy atom. The zero-order valence-electron chi connectivity index (χ0n) is 30.8. The van der Waals surface area contributed by atoms with Crippen molar-refractivity contribution in [3.05, 3.63) is 218 Å². The largest absolute Gasteiger partial charge is 0.0622 e. The van der Waals surface area contributed by atoms with Gasteiger partial charge in [0.2, 0.25) is 0 Å². The van der Waals surface area contributed by atoms with E-state index in [9.17, 15) is 0 Å². The van der Waals surface area contributed by atoms with Crippen molar-refractivity contribution in [2.24, 2.45) is 0 Å². The average molecular weight is 709 g/mol. The molecular weight excluding hydrogens is 673 g/mol. The maximum absolute atomic E-state index is 2.45. The normalized spacial score (nSPS) is 11.6. The Balaban J connectivity index is 1.21. The Hall–Kier alpha value is -7.28. The molecule has 0 heteroatoms. The standard InChI is InChI=1S/C56H36/c1-2-17-39(18-3-1)55-49-24-10-12-26-51(49)56(52-27-13-11-25-50(52)55)43-32-31-42-34-44(41-30-29-37-15-4-5-19-40(37)33-41)36-54(53(42)35-43)48-23-9-8-22-47(48)46-28-14-20-38-16-6-7-21-45(38)46/h1-36H. The second-order valence-corrected chi connectivity index (χ2v) is 14.8. The van der Waals surface area contributed by atoms with E-state index >= 15 is 0 Å². The fourth-order valence-corrected chi connectivity index (χ4v) is 9.04. The molecule has 0 spiro atoms. The summed E-state index contributed by atoms with van der Waals surface area (Å²) in [5.41, 5.74) is 12.4. The predicted molar refractivity (Wildman–Crippen MR) is 241 cm³/mol. The minimum absolute atomic E-state index is 1.21. The van der Waals surface area contributed by atoms with Gasteiger partial charge in [0.1, 0.15) is 0 Å². The number of benzene rings is 11. The maximum atomic E-state index is 2.45. The van der Waals surface area contributed by atoms with Crippen molar-refractivity contribution in [1.82, 2.24) is 0 Å². The van der Waals surface area contributed by atoms with Crippen molar-refractivity contribution >= 4 is 53.9 Å². The minimum atomic E-state index is 1.21. The maximum Gasteiger partial charge on any atom is -0.00261 e. The van der Waals surface area contributed by atoms with Gasteiger partial charge in [-0.1, -0.05) is 194 Å². The third kappa shape index (κ3) is 5.30. The molecule has 0 unspecified atom stereocenters. The van der Waals surface area contributed by atoms with Crippen LogP contribution in [0.2, 0.25) is 0 Å². The SMILES string of the molecule is c1ccc(-c2c3ccccc3c(-c3ccc4cc(-c5ccc6ccccc6c5)cc(-c5ccccc5-c5cccc6ccccc56)c4c3)c3ccccc23)cc1. The van der Waals surface area contributed by atoms with Crippen molar-refractivity contribution in [3.63, 3.8) is 0 Å². The summed E-state index contributed by atoms with van der Waals surface area (Å²) in [6.45, 7) is 0. The van der Waals surface area contributed by atoms with Gasteiger partial charge in [-0.15, -0.1) is 0 Å². The molecule has 0 amide bonds. The Morgan fingerprint density at radius 3 is 1.38 bits per heavy atom. The molecule has 0 aliphatic carbocycles. The molecule has 260 valence electrons. The van der Waals surface area contributed by atoms with Crippen molar-refractivity contribution in [1.29, 1.82) is 0 Å². The van der Waals surface area contributed by atoms with E-state index in [4.69, 9.17) is 0 Å². The van der Waals surface area contributed by atoms with E-state index in [0.29, 0.717) is 0 Å². The minimum Gasteiger partial charge on any atom is -0.0622 e. The van der Waals surface area contributed by atoms with Gasteiger partial charge in [-0.2, -0.15) is 0 Å². The molecule has 0 aliphatic heterocycles. The molecule has 0 saturated carbocycles. The Morgan fingerprint density at radius 2 is 0.661 bits per heavy atom. The van der Waals surface area contributed by atoms with E-state index in [2.05, 4.69) is 218 Å². The highest BCUT2D eigenvalue weighted by atomic mass is 14.2. The highest BCUT2D eigenvalue weighted by molar-refractivity contribution is 6.22. The van der Waals surface area contributed by atoms with Crippen molar-refractivity contribution in [2.45, 2.75) is 0 Å². The zero-order chi connectivity index (χ0) is 37.0. The molecule has 0 aliphatic rings. The van der Waals surface area contributed by atoms with Crippen LogP contribution in [0.15, 0.2) is 218 Å². The lowest BCUT2D eigenvalue weighted by Crippen LogP contribution is -1.92. The van der Waals surface area contributed by atoms with E-state index in [1.54, 1.807) is 0 Å². The summed E-state index contributed by atoms with van der Waals surface area (Å²) in [5.74, 6) is 0. The van der Waals surface area contributed by atoms with Crippen LogP contribution in [0.25, 0.3) is 109 Å². The van der Waals surface area contributed by atoms with E-state index in [1.165, 1.54) is 109 Å². The molecule has 56 heavy (non-hydrogen) atoms. The number of fused-ring (bicyclic) bond motifs is 5. The van der Waals surface area contributed by atoms with Gasteiger partial charge in [0.15, 0.2) is 0 Å². The summed E-state index contributed by atoms with van der Waals surface area (Å²) in [7, 11) is 0. The Bertz CT molecular complexity index is 3230. The van der Waals surface area contributed by atoms with Crippen molar-refractivity contribution < 1.29 is 0 Å². The quantitative estimate of drug-likeness (QED) is 0.156. The van der Waals surface area contributed by atoms with Crippen LogP contribution < -0.4 is 0 Å². The topological polar surface area (TPSA) is 0 Å². The molecule has 11 rings (SSSR count). The second kappa shape index (κ2) is 13.2.